The summed E-state index contributed by atoms with van der Waals surface area (Å²) in [5, 5.41) is 2.97. The van der Waals surface area contributed by atoms with Crippen molar-refractivity contribution in [1.29, 1.82) is 0 Å². The van der Waals surface area contributed by atoms with Gasteiger partial charge in [-0.05, 0) is 48.2 Å². The van der Waals surface area contributed by atoms with Gasteiger partial charge in [0.1, 0.15) is 0 Å². The number of benzene rings is 3. The number of aryl methyl sites for hydroxylation is 1. The van der Waals surface area contributed by atoms with Crippen molar-refractivity contribution in [2.45, 2.75) is 26.3 Å². The molecule has 0 unspecified atom stereocenters. The number of carbonyl (C=O) groups is 1. The molecule has 6 heteroatoms. The van der Waals surface area contributed by atoms with Crippen LogP contribution < -0.4 is 9.62 Å². The molecule has 31 heavy (non-hydrogen) atoms. The summed E-state index contributed by atoms with van der Waals surface area (Å²) in [5.74, 6) is 0.0649. The Hall–Kier alpha value is -3.12. The predicted octanol–water partition coefficient (Wildman–Crippen LogP) is 4.49. The smallest absolute Gasteiger partial charge is 0.251 e. The van der Waals surface area contributed by atoms with Crippen LogP contribution in [0, 0.1) is 6.92 Å². The molecule has 3 aromatic rings. The third kappa shape index (κ3) is 6.18. The Morgan fingerprint density at radius 1 is 0.935 bits per heavy atom. The van der Waals surface area contributed by atoms with E-state index in [-0.39, 0.29) is 18.4 Å². The number of hydrogen-bond donors (Lipinski definition) is 1. The van der Waals surface area contributed by atoms with Crippen molar-refractivity contribution in [1.82, 2.24) is 5.32 Å². The van der Waals surface area contributed by atoms with Crippen LogP contribution in [0.3, 0.4) is 0 Å². The Kier molecular flexibility index (Phi) is 7.13. The molecule has 0 aromatic heterocycles. The molecule has 0 radical (unpaired) electrons. The molecule has 0 saturated heterocycles. The number of sulfonamides is 1. The van der Waals surface area contributed by atoms with Gasteiger partial charge in [0, 0.05) is 12.1 Å². The lowest BCUT2D eigenvalue weighted by Gasteiger charge is -2.23. The lowest BCUT2D eigenvalue weighted by molar-refractivity contribution is 0.0951. The second-order valence-electron chi connectivity index (χ2n) is 7.82. The lowest BCUT2D eigenvalue weighted by Crippen LogP contribution is -2.29. The summed E-state index contributed by atoms with van der Waals surface area (Å²) in [5.41, 5.74) is 4.21. The third-order valence-electron chi connectivity index (χ3n) is 5.20. The van der Waals surface area contributed by atoms with Crippen LogP contribution in [0.25, 0.3) is 0 Å². The van der Waals surface area contributed by atoms with Gasteiger partial charge in [-0.15, -0.1) is 0 Å². The van der Waals surface area contributed by atoms with Crippen LogP contribution in [-0.2, 0) is 16.6 Å². The molecule has 5 nitrogen and oxygen atoms in total. The molecule has 0 aliphatic heterocycles. The number of carbonyl (C=O) groups excluding carboxylic acids is 1. The van der Waals surface area contributed by atoms with Gasteiger partial charge in [-0.1, -0.05) is 67.1 Å². The van der Waals surface area contributed by atoms with E-state index < -0.39 is 10.0 Å². The summed E-state index contributed by atoms with van der Waals surface area (Å²) < 4.78 is 26.0. The number of rotatable bonds is 8. The standard InChI is InChI=1S/C25H28N2O3S/c1-19-9-15-24(16-10-19)27(31(3,29)30)18-21-11-13-23(14-12-21)25(28)26-17-20(2)22-7-5-4-6-8-22/h4-16,20H,17-18H2,1-3H3,(H,26,28)/t20-/m1/s1. The van der Waals surface area contributed by atoms with Gasteiger partial charge < -0.3 is 5.32 Å². The zero-order chi connectivity index (χ0) is 22.4. The van der Waals surface area contributed by atoms with Crippen molar-refractivity contribution in [3.8, 4) is 0 Å². The van der Waals surface area contributed by atoms with Crippen molar-refractivity contribution in [3.05, 3.63) is 101 Å². The topological polar surface area (TPSA) is 66.5 Å². The van der Waals surface area contributed by atoms with E-state index in [2.05, 4.69) is 12.2 Å². The minimum Gasteiger partial charge on any atom is -0.351 e. The first-order valence-electron chi connectivity index (χ1n) is 10.2. The van der Waals surface area contributed by atoms with Gasteiger partial charge in [0.2, 0.25) is 10.0 Å². The van der Waals surface area contributed by atoms with Crippen molar-refractivity contribution >= 4 is 21.6 Å². The highest BCUT2D eigenvalue weighted by molar-refractivity contribution is 7.92. The maximum absolute atomic E-state index is 12.5. The van der Waals surface area contributed by atoms with E-state index >= 15 is 0 Å². The average molecular weight is 437 g/mol. The average Bonchev–Trinajstić information content (AvgIpc) is 2.76. The highest BCUT2D eigenvalue weighted by atomic mass is 32.2. The molecule has 1 amide bonds. The van der Waals surface area contributed by atoms with Crippen LogP contribution in [0.2, 0.25) is 0 Å². The first-order chi connectivity index (χ1) is 14.7. The maximum Gasteiger partial charge on any atom is 0.251 e. The summed E-state index contributed by atoms with van der Waals surface area (Å²) in [4.78, 5) is 12.5. The Morgan fingerprint density at radius 2 is 1.55 bits per heavy atom. The van der Waals surface area contributed by atoms with Crippen molar-refractivity contribution in [2.24, 2.45) is 0 Å². The fourth-order valence-electron chi connectivity index (χ4n) is 3.29. The van der Waals surface area contributed by atoms with Crippen LogP contribution in [0.15, 0.2) is 78.9 Å². The number of anilines is 1. The predicted molar refractivity (Wildman–Crippen MR) is 126 cm³/mol. The minimum atomic E-state index is -3.45. The Labute approximate surface area is 184 Å². The molecule has 0 bridgehead atoms. The molecular weight excluding hydrogens is 408 g/mol. The summed E-state index contributed by atoms with van der Waals surface area (Å²) >= 11 is 0. The summed E-state index contributed by atoms with van der Waals surface area (Å²) in [6, 6.07) is 24.5. The molecule has 0 saturated carbocycles. The number of nitrogens with one attached hydrogen (secondary N) is 1. The van der Waals surface area contributed by atoms with Crippen molar-refractivity contribution < 1.29 is 13.2 Å². The molecule has 0 fully saturated rings. The SMILES string of the molecule is Cc1ccc(N(Cc2ccc(C(=O)NC[C@@H](C)c3ccccc3)cc2)S(C)(=O)=O)cc1. The third-order valence-corrected chi connectivity index (χ3v) is 6.34. The molecule has 0 spiro atoms. The van der Waals surface area contributed by atoms with E-state index in [0.29, 0.717) is 17.8 Å². The Balaban J connectivity index is 1.65. The molecular formula is C25H28N2O3S. The van der Waals surface area contributed by atoms with Gasteiger partial charge in [-0.25, -0.2) is 8.42 Å². The van der Waals surface area contributed by atoms with E-state index in [4.69, 9.17) is 0 Å². The van der Waals surface area contributed by atoms with Crippen LogP contribution in [0.4, 0.5) is 5.69 Å². The maximum atomic E-state index is 12.5. The molecule has 0 aliphatic carbocycles. The number of amides is 1. The zero-order valence-electron chi connectivity index (χ0n) is 18.1. The Bertz CT molecular complexity index is 1110. The first-order valence-corrected chi connectivity index (χ1v) is 12.1. The zero-order valence-corrected chi connectivity index (χ0v) is 18.9. The highest BCUT2D eigenvalue weighted by Crippen LogP contribution is 2.21. The van der Waals surface area contributed by atoms with Gasteiger partial charge in [0.15, 0.2) is 0 Å². The number of nitrogens with zero attached hydrogens (tertiary/aromatic N) is 1. The molecule has 0 heterocycles. The van der Waals surface area contributed by atoms with Crippen molar-refractivity contribution in [3.63, 3.8) is 0 Å². The van der Waals surface area contributed by atoms with Crippen molar-refractivity contribution in [2.75, 3.05) is 17.1 Å². The van der Waals surface area contributed by atoms with Crippen LogP contribution in [-0.4, -0.2) is 27.1 Å². The fourth-order valence-corrected chi connectivity index (χ4v) is 4.17. The molecule has 3 rings (SSSR count). The molecule has 0 aliphatic rings. The van der Waals surface area contributed by atoms with Gasteiger partial charge in [0.05, 0.1) is 18.5 Å². The molecule has 1 N–H and O–H groups in total. The summed E-state index contributed by atoms with van der Waals surface area (Å²) in [7, 11) is -3.45. The second-order valence-corrected chi connectivity index (χ2v) is 9.73. The van der Waals surface area contributed by atoms with Gasteiger partial charge in [-0.3, -0.25) is 9.10 Å². The summed E-state index contributed by atoms with van der Waals surface area (Å²) in [6.45, 7) is 4.78. The number of hydrogen-bond acceptors (Lipinski definition) is 3. The highest BCUT2D eigenvalue weighted by Gasteiger charge is 2.18. The van der Waals surface area contributed by atoms with E-state index in [1.165, 1.54) is 16.1 Å². The van der Waals surface area contributed by atoms with Crippen LogP contribution in [0.1, 0.15) is 39.9 Å². The van der Waals surface area contributed by atoms with E-state index in [0.717, 1.165) is 11.1 Å². The monoisotopic (exact) mass is 436 g/mol. The normalized spacial score (nSPS) is 12.2. The molecule has 162 valence electrons. The molecule has 1 atom stereocenters. The minimum absolute atomic E-state index is 0.146. The van der Waals surface area contributed by atoms with E-state index in [9.17, 15) is 13.2 Å². The van der Waals surface area contributed by atoms with E-state index in [1.54, 1.807) is 36.4 Å². The van der Waals surface area contributed by atoms with Crippen LogP contribution in [0.5, 0.6) is 0 Å². The lowest BCUT2D eigenvalue weighted by atomic mass is 10.0. The largest absolute Gasteiger partial charge is 0.351 e. The summed E-state index contributed by atoms with van der Waals surface area (Å²) in [6.07, 6.45) is 1.20. The van der Waals surface area contributed by atoms with Crippen LogP contribution >= 0.6 is 0 Å². The first kappa shape index (κ1) is 22.6. The van der Waals surface area contributed by atoms with Gasteiger partial charge >= 0.3 is 0 Å². The Morgan fingerprint density at radius 3 is 2.13 bits per heavy atom. The van der Waals surface area contributed by atoms with Gasteiger partial charge in [-0.2, -0.15) is 0 Å². The second kappa shape index (κ2) is 9.79. The fraction of sp³-hybridized carbons (Fsp3) is 0.240. The van der Waals surface area contributed by atoms with E-state index in [1.807, 2.05) is 49.4 Å². The molecule has 3 aromatic carbocycles. The van der Waals surface area contributed by atoms with Gasteiger partial charge in [0.25, 0.3) is 5.91 Å². The quantitative estimate of drug-likeness (QED) is 0.566.